The van der Waals surface area contributed by atoms with E-state index in [0.29, 0.717) is 25.0 Å². The van der Waals surface area contributed by atoms with Crippen molar-refractivity contribution >= 4 is 23.0 Å². The van der Waals surface area contributed by atoms with E-state index in [9.17, 15) is 14.7 Å². The summed E-state index contributed by atoms with van der Waals surface area (Å²) >= 11 is 1.58. The number of aromatic amines is 1. The minimum absolute atomic E-state index is 0.0596. The molecule has 2 aromatic heterocycles. The summed E-state index contributed by atoms with van der Waals surface area (Å²) in [5, 5.41) is 22.0. The molecule has 0 saturated carbocycles. The number of benzene rings is 1. The number of phenols is 1. The summed E-state index contributed by atoms with van der Waals surface area (Å²) < 4.78 is 0. The van der Waals surface area contributed by atoms with Crippen molar-refractivity contribution in [2.45, 2.75) is 38.5 Å². The lowest BCUT2D eigenvalue weighted by Crippen LogP contribution is -2.17. The third-order valence-electron chi connectivity index (χ3n) is 4.79. The van der Waals surface area contributed by atoms with E-state index in [0.717, 1.165) is 41.6 Å². The molecule has 1 amide bonds. The molecular weight excluding hydrogens is 388 g/mol. The minimum Gasteiger partial charge on any atom is -0.508 e. The third-order valence-corrected chi connectivity index (χ3v) is 5.47. The predicted molar refractivity (Wildman–Crippen MR) is 113 cm³/mol. The number of phenolic OH excluding ortho intramolecular Hbond substituents is 1. The Hall–Kier alpha value is -2.90. The number of rotatable bonds is 10. The number of ketones is 1. The molecule has 0 atom stereocenters. The number of H-pyrrole nitrogens is 1. The Labute approximate surface area is 173 Å². The molecule has 152 valence electrons. The van der Waals surface area contributed by atoms with Gasteiger partial charge >= 0.3 is 0 Å². The van der Waals surface area contributed by atoms with Crippen molar-refractivity contribution in [2.75, 3.05) is 0 Å². The van der Waals surface area contributed by atoms with Crippen molar-refractivity contribution in [3.05, 3.63) is 52.9 Å². The van der Waals surface area contributed by atoms with Gasteiger partial charge in [-0.25, -0.2) is 5.48 Å². The smallest absolute Gasteiger partial charge is 0.243 e. The number of nitrogens with one attached hydrogen (secondary N) is 2. The highest BCUT2D eigenvalue weighted by atomic mass is 32.1. The molecule has 29 heavy (non-hydrogen) atoms. The van der Waals surface area contributed by atoms with Crippen molar-refractivity contribution < 1.29 is 19.9 Å². The summed E-state index contributed by atoms with van der Waals surface area (Å²) in [4.78, 5) is 27.1. The lowest BCUT2D eigenvalue weighted by Gasteiger charge is -2.03. The van der Waals surface area contributed by atoms with Crippen molar-refractivity contribution in [1.29, 1.82) is 0 Å². The zero-order valence-electron chi connectivity index (χ0n) is 16.0. The lowest BCUT2D eigenvalue weighted by molar-refractivity contribution is -0.129. The predicted octanol–water partition coefficient (Wildman–Crippen LogP) is 5.14. The topological polar surface area (TPSA) is 102 Å². The first-order chi connectivity index (χ1) is 14.1. The monoisotopic (exact) mass is 412 g/mol. The summed E-state index contributed by atoms with van der Waals surface area (Å²) in [6.45, 7) is 0. The molecule has 0 bridgehead atoms. The number of aromatic nitrogens is 1. The molecule has 0 aliphatic heterocycles. The van der Waals surface area contributed by atoms with Crippen LogP contribution in [0.25, 0.3) is 22.4 Å². The first kappa shape index (κ1) is 20.8. The Morgan fingerprint density at radius 1 is 0.966 bits per heavy atom. The fourth-order valence-corrected chi connectivity index (χ4v) is 3.88. The van der Waals surface area contributed by atoms with Crippen LogP contribution >= 0.6 is 11.3 Å². The summed E-state index contributed by atoms with van der Waals surface area (Å²) in [6.07, 6.45) is 3.84. The Balaban J connectivity index is 1.67. The zero-order valence-corrected chi connectivity index (χ0v) is 16.8. The number of carbonyl (C=O) groups excluding carboxylic acids is 2. The molecule has 0 fully saturated rings. The largest absolute Gasteiger partial charge is 0.508 e. The number of hydrogen-bond acceptors (Lipinski definition) is 5. The molecule has 0 aliphatic carbocycles. The first-order valence-electron chi connectivity index (χ1n) is 9.59. The second-order valence-electron chi connectivity index (χ2n) is 6.90. The van der Waals surface area contributed by atoms with Crippen molar-refractivity contribution in [2.24, 2.45) is 0 Å². The van der Waals surface area contributed by atoms with E-state index in [4.69, 9.17) is 5.21 Å². The first-order valence-corrected chi connectivity index (χ1v) is 10.5. The normalized spacial score (nSPS) is 10.8. The molecule has 0 aliphatic rings. The quantitative estimate of drug-likeness (QED) is 0.160. The molecule has 4 N–H and O–H groups in total. The van der Waals surface area contributed by atoms with Gasteiger partial charge in [0.2, 0.25) is 5.91 Å². The van der Waals surface area contributed by atoms with Crippen LogP contribution in [0.3, 0.4) is 0 Å². The van der Waals surface area contributed by atoms with Gasteiger partial charge in [-0.1, -0.05) is 12.8 Å². The van der Waals surface area contributed by atoms with Crippen molar-refractivity contribution in [1.82, 2.24) is 10.5 Å². The maximum absolute atomic E-state index is 12.9. The summed E-state index contributed by atoms with van der Waals surface area (Å²) in [5.41, 5.74) is 5.86. The van der Waals surface area contributed by atoms with Crippen LogP contribution in [0.2, 0.25) is 0 Å². The van der Waals surface area contributed by atoms with Gasteiger partial charge in [-0.15, -0.1) is 0 Å². The maximum Gasteiger partial charge on any atom is 0.243 e. The van der Waals surface area contributed by atoms with Gasteiger partial charge in [0, 0.05) is 24.1 Å². The molecule has 6 nitrogen and oxygen atoms in total. The Kier molecular flexibility index (Phi) is 7.21. The summed E-state index contributed by atoms with van der Waals surface area (Å²) in [6, 6.07) is 10.9. The van der Waals surface area contributed by atoms with Gasteiger partial charge in [0.25, 0.3) is 0 Å². The van der Waals surface area contributed by atoms with E-state index in [1.165, 1.54) is 0 Å². The molecule has 0 spiro atoms. The van der Waals surface area contributed by atoms with Crippen LogP contribution in [0, 0.1) is 0 Å². The molecule has 0 radical (unpaired) electrons. The molecule has 3 rings (SSSR count). The Morgan fingerprint density at radius 3 is 2.34 bits per heavy atom. The van der Waals surface area contributed by atoms with Crippen LogP contribution in [0.1, 0.15) is 49.0 Å². The van der Waals surface area contributed by atoms with E-state index in [2.05, 4.69) is 4.98 Å². The molecule has 0 unspecified atom stereocenters. The minimum atomic E-state index is -0.380. The van der Waals surface area contributed by atoms with Crippen LogP contribution in [0.15, 0.2) is 47.2 Å². The van der Waals surface area contributed by atoms with Crippen molar-refractivity contribution in [3.63, 3.8) is 0 Å². The lowest BCUT2D eigenvalue weighted by atomic mass is 10.0. The van der Waals surface area contributed by atoms with Gasteiger partial charge in [-0.05, 0) is 71.1 Å². The highest BCUT2D eigenvalue weighted by molar-refractivity contribution is 7.08. The third kappa shape index (κ3) is 5.56. The highest BCUT2D eigenvalue weighted by Gasteiger charge is 2.18. The Morgan fingerprint density at radius 2 is 1.69 bits per heavy atom. The molecule has 7 heteroatoms. The van der Waals surface area contributed by atoms with E-state index in [1.54, 1.807) is 28.9 Å². The molecular formula is C22H24N2O4S. The number of carbonyl (C=O) groups is 2. The van der Waals surface area contributed by atoms with Gasteiger partial charge in [0.05, 0.1) is 5.69 Å². The SMILES string of the molecule is O=C(CCCCCCC(=O)c1[nH]c(-c2ccc(O)cc2)cc1-c1ccsc1)NO. The number of hydroxylamine groups is 1. The van der Waals surface area contributed by atoms with Gasteiger partial charge in [0.15, 0.2) is 5.78 Å². The van der Waals surface area contributed by atoms with Crippen LogP contribution in [-0.2, 0) is 4.79 Å². The number of hydrogen-bond donors (Lipinski definition) is 4. The van der Waals surface area contributed by atoms with Crippen LogP contribution in [0.4, 0.5) is 0 Å². The molecule has 1 aromatic carbocycles. The maximum atomic E-state index is 12.9. The van der Waals surface area contributed by atoms with E-state index in [-0.39, 0.29) is 17.4 Å². The van der Waals surface area contributed by atoms with E-state index >= 15 is 0 Å². The highest BCUT2D eigenvalue weighted by Crippen LogP contribution is 2.32. The standard InChI is InChI=1S/C22H24N2O4S/c25-17-9-7-15(8-10-17)19-13-18(16-11-12-29-14-16)22(23-19)20(26)5-3-1-2-4-6-21(27)24-28/h7-14,23,25,28H,1-6H2,(H,24,27). The summed E-state index contributed by atoms with van der Waals surface area (Å²) in [5.74, 6) is -0.120. The fraction of sp³-hybridized carbons (Fsp3) is 0.273. The second kappa shape index (κ2) is 10.0. The number of thiophene rings is 1. The van der Waals surface area contributed by atoms with Gasteiger partial charge in [-0.2, -0.15) is 11.3 Å². The number of unbranched alkanes of at least 4 members (excludes halogenated alkanes) is 3. The Bertz CT molecular complexity index is 946. The second-order valence-corrected chi connectivity index (χ2v) is 7.68. The summed E-state index contributed by atoms with van der Waals surface area (Å²) in [7, 11) is 0. The molecule has 2 heterocycles. The van der Waals surface area contributed by atoms with Gasteiger partial charge in [0.1, 0.15) is 5.75 Å². The zero-order chi connectivity index (χ0) is 20.6. The van der Waals surface area contributed by atoms with Gasteiger partial charge in [-0.3, -0.25) is 14.8 Å². The number of amides is 1. The average Bonchev–Trinajstić information content (AvgIpc) is 3.40. The number of Topliss-reactive ketones (excluding diaryl/α,β-unsaturated/α-hetero) is 1. The van der Waals surface area contributed by atoms with Crippen LogP contribution in [-0.4, -0.2) is 27.0 Å². The van der Waals surface area contributed by atoms with Crippen LogP contribution in [0.5, 0.6) is 5.75 Å². The fourth-order valence-electron chi connectivity index (χ4n) is 3.22. The number of aromatic hydroxyl groups is 1. The van der Waals surface area contributed by atoms with Crippen molar-refractivity contribution in [3.8, 4) is 28.1 Å². The van der Waals surface area contributed by atoms with E-state index < -0.39 is 0 Å². The van der Waals surface area contributed by atoms with E-state index in [1.807, 2.05) is 35.0 Å². The average molecular weight is 413 g/mol. The molecule has 0 saturated heterocycles. The van der Waals surface area contributed by atoms with Gasteiger partial charge < -0.3 is 10.1 Å². The molecule has 3 aromatic rings. The van der Waals surface area contributed by atoms with Crippen LogP contribution < -0.4 is 5.48 Å².